The molecule has 0 aromatic heterocycles. The highest BCUT2D eigenvalue weighted by Gasteiger charge is 2.34. The van der Waals surface area contributed by atoms with Gasteiger partial charge in [-0.1, -0.05) is 0 Å². The van der Waals surface area contributed by atoms with Crippen LogP contribution < -0.4 is 0 Å². The van der Waals surface area contributed by atoms with Crippen LogP contribution in [0.25, 0.3) is 0 Å². The number of hydrogen-bond donors (Lipinski definition) is 0. The molecule has 3 aliphatic rings. The molecule has 3 rings (SSSR count). The monoisotopic (exact) mass is 324 g/mol. The minimum atomic E-state index is -0.0481. The summed E-state index contributed by atoms with van der Waals surface area (Å²) in [7, 11) is 3.72. The van der Waals surface area contributed by atoms with Crippen molar-refractivity contribution in [2.45, 2.75) is 69.7 Å². The fourth-order valence-corrected chi connectivity index (χ4v) is 4.01. The minimum Gasteiger partial charge on any atom is -0.469 e. The molecular weight excluding hydrogens is 292 g/mol. The first-order chi connectivity index (χ1) is 11.2. The predicted molar refractivity (Wildman–Crippen MR) is 89.1 cm³/mol. The van der Waals surface area contributed by atoms with Crippen LogP contribution >= 0.6 is 0 Å². The van der Waals surface area contributed by atoms with Crippen molar-refractivity contribution in [1.29, 1.82) is 0 Å². The molecular formula is C18H32N2O3. The van der Waals surface area contributed by atoms with Gasteiger partial charge in [-0.2, -0.15) is 0 Å². The number of likely N-dealkylation sites (N-methyl/N-ethyl adjacent to an activating group) is 1. The van der Waals surface area contributed by atoms with E-state index in [1.165, 1.54) is 45.9 Å². The smallest absolute Gasteiger partial charge is 0.308 e. The third-order valence-corrected chi connectivity index (χ3v) is 5.72. The average molecular weight is 324 g/mol. The lowest BCUT2D eigenvalue weighted by Crippen LogP contribution is -2.46. The Labute approximate surface area is 140 Å². The van der Waals surface area contributed by atoms with Crippen LogP contribution in [0.3, 0.4) is 0 Å². The van der Waals surface area contributed by atoms with Crippen molar-refractivity contribution in [3.63, 3.8) is 0 Å². The average Bonchev–Trinajstić information content (AvgIpc) is 3.29. The number of methoxy groups -OCH3 is 1. The van der Waals surface area contributed by atoms with Crippen molar-refractivity contribution >= 4 is 5.97 Å². The van der Waals surface area contributed by atoms with E-state index in [-0.39, 0.29) is 18.1 Å². The number of carbonyl (C=O) groups excluding carboxylic acids is 1. The fraction of sp³-hybridized carbons (Fsp3) is 0.944. The summed E-state index contributed by atoms with van der Waals surface area (Å²) in [5.74, 6) is 0.0345. The Morgan fingerprint density at radius 3 is 2.35 bits per heavy atom. The van der Waals surface area contributed by atoms with E-state index in [9.17, 15) is 4.79 Å². The molecule has 0 spiro atoms. The lowest BCUT2D eigenvalue weighted by Gasteiger charge is -2.36. The second kappa shape index (κ2) is 7.95. The molecule has 0 bridgehead atoms. The van der Waals surface area contributed by atoms with Gasteiger partial charge in [0.25, 0.3) is 0 Å². The number of likely N-dealkylation sites (tertiary alicyclic amines) is 1. The number of nitrogens with zero attached hydrogens (tertiary/aromatic N) is 2. The van der Waals surface area contributed by atoms with Crippen LogP contribution in [0, 0.1) is 5.92 Å². The third kappa shape index (κ3) is 4.68. The molecule has 0 N–H and O–H groups in total. The van der Waals surface area contributed by atoms with Gasteiger partial charge in [0.05, 0.1) is 19.1 Å². The molecule has 1 saturated heterocycles. The number of esters is 1. The van der Waals surface area contributed by atoms with Gasteiger partial charge >= 0.3 is 5.97 Å². The molecule has 1 unspecified atom stereocenters. The van der Waals surface area contributed by atoms with Crippen LogP contribution in [0.1, 0.15) is 51.4 Å². The van der Waals surface area contributed by atoms with Gasteiger partial charge in [-0.25, -0.2) is 0 Å². The van der Waals surface area contributed by atoms with Gasteiger partial charge in [0, 0.05) is 25.7 Å². The van der Waals surface area contributed by atoms with Crippen molar-refractivity contribution in [3.05, 3.63) is 0 Å². The molecule has 1 aliphatic heterocycles. The lowest BCUT2D eigenvalue weighted by atomic mass is 9.87. The Balaban J connectivity index is 1.50. The molecule has 0 aromatic rings. The summed E-state index contributed by atoms with van der Waals surface area (Å²) < 4.78 is 11.4. The largest absolute Gasteiger partial charge is 0.469 e. The van der Waals surface area contributed by atoms with Gasteiger partial charge in [-0.15, -0.1) is 0 Å². The van der Waals surface area contributed by atoms with Gasteiger partial charge in [0.1, 0.15) is 6.23 Å². The molecule has 2 aliphatic carbocycles. The van der Waals surface area contributed by atoms with Crippen molar-refractivity contribution < 1.29 is 14.3 Å². The van der Waals surface area contributed by atoms with Crippen molar-refractivity contribution in [2.75, 3.05) is 33.8 Å². The highest BCUT2D eigenvalue weighted by molar-refractivity contribution is 5.72. The second-order valence-electron chi connectivity index (χ2n) is 7.50. The molecule has 2 saturated carbocycles. The van der Waals surface area contributed by atoms with E-state index in [1.807, 2.05) is 0 Å². The van der Waals surface area contributed by atoms with Crippen LogP contribution in [0.5, 0.6) is 0 Å². The number of rotatable bonds is 7. The molecule has 23 heavy (non-hydrogen) atoms. The Kier molecular flexibility index (Phi) is 5.94. The van der Waals surface area contributed by atoms with Crippen molar-refractivity contribution in [2.24, 2.45) is 5.92 Å². The predicted octanol–water partition coefficient (Wildman–Crippen LogP) is 2.25. The fourth-order valence-electron chi connectivity index (χ4n) is 4.01. The molecule has 1 heterocycles. The Morgan fingerprint density at radius 1 is 1.13 bits per heavy atom. The van der Waals surface area contributed by atoms with Crippen LogP contribution in [-0.2, 0) is 14.3 Å². The first-order valence-corrected chi connectivity index (χ1v) is 9.35. The van der Waals surface area contributed by atoms with Gasteiger partial charge in [-0.3, -0.25) is 14.6 Å². The Hall–Kier alpha value is -0.650. The first kappa shape index (κ1) is 17.2. The summed E-state index contributed by atoms with van der Waals surface area (Å²) in [4.78, 5) is 16.6. The summed E-state index contributed by atoms with van der Waals surface area (Å²) in [5, 5.41) is 0. The molecule has 0 amide bonds. The Bertz CT molecular complexity index is 386. The zero-order chi connectivity index (χ0) is 16.2. The third-order valence-electron chi connectivity index (χ3n) is 5.72. The van der Waals surface area contributed by atoms with Gasteiger partial charge < -0.3 is 9.47 Å². The first-order valence-electron chi connectivity index (χ1n) is 9.35. The maximum absolute atomic E-state index is 11.7. The number of ether oxygens (including phenoxy) is 2. The Morgan fingerprint density at radius 2 is 1.78 bits per heavy atom. The highest BCUT2D eigenvalue weighted by atomic mass is 16.5. The van der Waals surface area contributed by atoms with Crippen LogP contribution in [-0.4, -0.2) is 67.9 Å². The van der Waals surface area contributed by atoms with E-state index in [0.717, 1.165) is 38.3 Å². The zero-order valence-corrected chi connectivity index (χ0v) is 14.7. The van der Waals surface area contributed by atoms with Crippen LogP contribution in [0.4, 0.5) is 0 Å². The van der Waals surface area contributed by atoms with Gasteiger partial charge in [0.2, 0.25) is 0 Å². The van der Waals surface area contributed by atoms with Crippen LogP contribution in [0.2, 0.25) is 0 Å². The van der Waals surface area contributed by atoms with Crippen molar-refractivity contribution in [1.82, 2.24) is 9.80 Å². The molecule has 3 fully saturated rings. The summed E-state index contributed by atoms with van der Waals surface area (Å²) in [6, 6.07) is 0.777. The van der Waals surface area contributed by atoms with E-state index in [4.69, 9.17) is 9.47 Å². The van der Waals surface area contributed by atoms with E-state index in [2.05, 4.69) is 16.8 Å². The summed E-state index contributed by atoms with van der Waals surface area (Å²) in [6.45, 7) is 3.35. The maximum atomic E-state index is 11.7. The maximum Gasteiger partial charge on any atom is 0.308 e. The number of carbonyl (C=O) groups is 1. The zero-order valence-electron chi connectivity index (χ0n) is 14.7. The second-order valence-corrected chi connectivity index (χ2v) is 7.50. The van der Waals surface area contributed by atoms with Crippen LogP contribution in [0.15, 0.2) is 0 Å². The minimum absolute atomic E-state index is 0.0481. The SMILES string of the molecule is COC(=O)C1CCC(OC(CN(C)C2CC2)N2CCCC2)CC1. The molecule has 1 atom stereocenters. The normalized spacial score (nSPS) is 30.6. The van der Waals surface area contributed by atoms with Gasteiger partial charge in [0.15, 0.2) is 0 Å². The van der Waals surface area contributed by atoms with E-state index >= 15 is 0 Å². The van der Waals surface area contributed by atoms with Crippen molar-refractivity contribution in [3.8, 4) is 0 Å². The molecule has 0 radical (unpaired) electrons. The standard InChI is InChI=1S/C18H32N2O3/c1-19(15-7-8-15)13-17(20-11-3-4-12-20)23-16-9-5-14(6-10-16)18(21)22-2/h14-17H,3-13H2,1-2H3. The molecule has 5 nitrogen and oxygen atoms in total. The number of hydrogen-bond acceptors (Lipinski definition) is 5. The quantitative estimate of drug-likeness (QED) is 0.672. The van der Waals surface area contributed by atoms with Gasteiger partial charge in [-0.05, 0) is 58.4 Å². The highest BCUT2D eigenvalue weighted by Crippen LogP contribution is 2.30. The molecule has 0 aromatic carbocycles. The van der Waals surface area contributed by atoms with E-state index in [0.29, 0.717) is 6.10 Å². The summed E-state index contributed by atoms with van der Waals surface area (Å²) >= 11 is 0. The van der Waals surface area contributed by atoms with E-state index < -0.39 is 0 Å². The summed E-state index contributed by atoms with van der Waals surface area (Å²) in [6.07, 6.45) is 9.57. The lowest BCUT2D eigenvalue weighted by molar-refractivity contribution is -0.150. The van der Waals surface area contributed by atoms with E-state index in [1.54, 1.807) is 0 Å². The topological polar surface area (TPSA) is 42.0 Å². The summed E-state index contributed by atoms with van der Waals surface area (Å²) in [5.41, 5.74) is 0. The molecule has 5 heteroatoms. The molecule has 132 valence electrons.